The van der Waals surface area contributed by atoms with Gasteiger partial charge in [0.15, 0.2) is 17.6 Å². The third-order valence-electron chi connectivity index (χ3n) is 3.99. The first-order chi connectivity index (χ1) is 12.5. The fourth-order valence-corrected chi connectivity index (χ4v) is 2.59. The summed E-state index contributed by atoms with van der Waals surface area (Å²) >= 11 is 0. The Morgan fingerprint density at radius 1 is 1.31 bits per heavy atom. The minimum atomic E-state index is -0.575. The molecule has 0 spiro atoms. The molecule has 1 atom stereocenters. The van der Waals surface area contributed by atoms with Gasteiger partial charge in [-0.1, -0.05) is 6.92 Å². The lowest BCUT2D eigenvalue weighted by Gasteiger charge is -2.23. The lowest BCUT2D eigenvalue weighted by molar-refractivity contribution is -0.122. The van der Waals surface area contributed by atoms with Gasteiger partial charge in [-0.15, -0.1) is 0 Å². The van der Waals surface area contributed by atoms with Crippen LogP contribution in [0.5, 0.6) is 11.5 Å². The van der Waals surface area contributed by atoms with Crippen molar-refractivity contribution < 1.29 is 19.1 Å². The summed E-state index contributed by atoms with van der Waals surface area (Å²) in [6.07, 6.45) is 1.76. The summed E-state index contributed by atoms with van der Waals surface area (Å²) in [5, 5.41) is 2.71. The summed E-state index contributed by atoms with van der Waals surface area (Å²) in [4.78, 5) is 36.6. The minimum absolute atomic E-state index is 0.119. The second-order valence-electron chi connectivity index (χ2n) is 6.04. The molecule has 26 heavy (non-hydrogen) atoms. The van der Waals surface area contributed by atoms with Gasteiger partial charge < -0.3 is 19.4 Å². The van der Waals surface area contributed by atoms with E-state index in [1.54, 1.807) is 43.5 Å². The van der Waals surface area contributed by atoms with Crippen molar-refractivity contribution in [2.75, 3.05) is 11.9 Å². The molecule has 2 heterocycles. The Kier molecular flexibility index (Phi) is 5.06. The number of benzene rings is 1. The molecule has 0 aliphatic carbocycles. The number of carbonyl (C=O) groups excluding carboxylic acids is 2. The summed E-state index contributed by atoms with van der Waals surface area (Å²) in [7, 11) is 0. The van der Waals surface area contributed by atoms with E-state index in [-0.39, 0.29) is 29.5 Å². The van der Waals surface area contributed by atoms with Crippen LogP contribution >= 0.6 is 0 Å². The van der Waals surface area contributed by atoms with E-state index in [2.05, 4.69) is 5.32 Å². The van der Waals surface area contributed by atoms with E-state index >= 15 is 0 Å². The molecule has 136 valence electrons. The van der Waals surface area contributed by atoms with Crippen LogP contribution in [-0.2, 0) is 11.3 Å². The van der Waals surface area contributed by atoms with Gasteiger partial charge in [0.2, 0.25) is 0 Å². The van der Waals surface area contributed by atoms with Crippen molar-refractivity contribution in [3.8, 4) is 11.5 Å². The molecule has 1 aromatic heterocycles. The molecule has 1 aliphatic rings. The van der Waals surface area contributed by atoms with Gasteiger partial charge >= 0.3 is 0 Å². The predicted octanol–water partition coefficient (Wildman–Crippen LogP) is 2.24. The average molecular weight is 356 g/mol. The van der Waals surface area contributed by atoms with Gasteiger partial charge in [-0.25, -0.2) is 0 Å². The number of rotatable bonds is 6. The number of ether oxygens (including phenoxy) is 2. The zero-order valence-corrected chi connectivity index (χ0v) is 14.7. The first-order valence-electron chi connectivity index (χ1n) is 8.46. The summed E-state index contributed by atoms with van der Waals surface area (Å²) in [5.74, 6) is 0.220. The van der Waals surface area contributed by atoms with Gasteiger partial charge in [0, 0.05) is 11.8 Å². The number of amides is 1. The average Bonchev–Trinajstić information content (AvgIpc) is 2.63. The second-order valence-corrected chi connectivity index (χ2v) is 6.04. The Morgan fingerprint density at radius 3 is 2.88 bits per heavy atom. The SMILES string of the molecule is CCCOc1cccn(CC(=O)c2ccc3c(c2)NC(=O)C(C)O3)c1=O. The highest BCUT2D eigenvalue weighted by Crippen LogP contribution is 2.30. The van der Waals surface area contributed by atoms with Crippen LogP contribution in [0.25, 0.3) is 0 Å². The lowest BCUT2D eigenvalue weighted by Crippen LogP contribution is -2.34. The molecular weight excluding hydrogens is 336 g/mol. The number of aromatic nitrogens is 1. The Morgan fingerprint density at radius 2 is 2.12 bits per heavy atom. The zero-order chi connectivity index (χ0) is 18.7. The molecule has 0 saturated heterocycles. The molecule has 1 N–H and O–H groups in total. The third-order valence-corrected chi connectivity index (χ3v) is 3.99. The Labute approximate surface area is 150 Å². The molecule has 0 saturated carbocycles. The van der Waals surface area contributed by atoms with Crippen LogP contribution in [0.15, 0.2) is 41.3 Å². The monoisotopic (exact) mass is 356 g/mol. The number of Topliss-reactive ketones (excluding diaryl/α,β-unsaturated/α-hetero) is 1. The quantitative estimate of drug-likeness (QED) is 0.802. The van der Waals surface area contributed by atoms with Crippen molar-refractivity contribution in [2.24, 2.45) is 0 Å². The van der Waals surface area contributed by atoms with Gasteiger partial charge in [-0.05, 0) is 43.7 Å². The number of nitrogens with one attached hydrogen (secondary N) is 1. The molecule has 7 nitrogen and oxygen atoms in total. The number of hydrogen-bond acceptors (Lipinski definition) is 5. The molecule has 1 amide bonds. The molecule has 3 rings (SSSR count). The number of anilines is 1. The number of nitrogens with zero attached hydrogens (tertiary/aromatic N) is 1. The Hall–Kier alpha value is -3.09. The lowest BCUT2D eigenvalue weighted by atomic mass is 10.1. The first-order valence-corrected chi connectivity index (χ1v) is 8.46. The number of carbonyl (C=O) groups is 2. The van der Waals surface area contributed by atoms with Crippen molar-refractivity contribution in [1.29, 1.82) is 0 Å². The first kappa shape index (κ1) is 17.7. The van der Waals surface area contributed by atoms with E-state index in [0.717, 1.165) is 6.42 Å². The van der Waals surface area contributed by atoms with Gasteiger partial charge in [0.1, 0.15) is 5.75 Å². The maximum Gasteiger partial charge on any atom is 0.293 e. The predicted molar refractivity (Wildman–Crippen MR) is 96.0 cm³/mol. The second kappa shape index (κ2) is 7.43. The fourth-order valence-electron chi connectivity index (χ4n) is 2.59. The maximum atomic E-state index is 12.6. The Balaban J connectivity index is 1.80. The normalized spacial score (nSPS) is 15.6. The maximum absolute atomic E-state index is 12.6. The van der Waals surface area contributed by atoms with Gasteiger partial charge in [0.25, 0.3) is 11.5 Å². The number of ketones is 1. The highest BCUT2D eigenvalue weighted by Gasteiger charge is 2.24. The smallest absolute Gasteiger partial charge is 0.293 e. The highest BCUT2D eigenvalue weighted by molar-refractivity contribution is 6.01. The van der Waals surface area contributed by atoms with Crippen molar-refractivity contribution in [2.45, 2.75) is 32.9 Å². The van der Waals surface area contributed by atoms with Crippen molar-refractivity contribution in [3.63, 3.8) is 0 Å². The van der Waals surface area contributed by atoms with E-state index in [1.165, 1.54) is 4.57 Å². The van der Waals surface area contributed by atoms with Crippen molar-refractivity contribution >= 4 is 17.4 Å². The van der Waals surface area contributed by atoms with Crippen LogP contribution in [0, 0.1) is 0 Å². The zero-order valence-electron chi connectivity index (χ0n) is 14.7. The van der Waals surface area contributed by atoms with Gasteiger partial charge in [-0.3, -0.25) is 14.4 Å². The largest absolute Gasteiger partial charge is 0.488 e. The van der Waals surface area contributed by atoms with E-state index in [9.17, 15) is 14.4 Å². The minimum Gasteiger partial charge on any atom is -0.488 e. The van der Waals surface area contributed by atoms with Crippen LogP contribution in [0.1, 0.15) is 30.6 Å². The van der Waals surface area contributed by atoms with Crippen LogP contribution < -0.4 is 20.3 Å². The molecule has 1 unspecified atom stereocenters. The highest BCUT2D eigenvalue weighted by atomic mass is 16.5. The van der Waals surface area contributed by atoms with Crippen molar-refractivity contribution in [3.05, 3.63) is 52.4 Å². The molecule has 0 fully saturated rings. The van der Waals surface area contributed by atoms with Gasteiger partial charge in [0.05, 0.1) is 18.8 Å². The van der Waals surface area contributed by atoms with Crippen LogP contribution in [-0.4, -0.2) is 29.0 Å². The molecule has 1 aromatic carbocycles. The van der Waals surface area contributed by atoms with E-state index < -0.39 is 6.10 Å². The molecule has 2 aromatic rings. The Bertz CT molecular complexity index is 903. The molecule has 1 aliphatic heterocycles. The fraction of sp³-hybridized carbons (Fsp3) is 0.316. The van der Waals surface area contributed by atoms with E-state index in [1.807, 2.05) is 6.92 Å². The summed E-state index contributed by atoms with van der Waals surface area (Å²) in [6.45, 7) is 3.92. The van der Waals surface area contributed by atoms with Crippen molar-refractivity contribution in [1.82, 2.24) is 4.57 Å². The topological polar surface area (TPSA) is 86.6 Å². The summed E-state index contributed by atoms with van der Waals surface area (Å²) in [5.41, 5.74) is 0.484. The number of pyridine rings is 1. The molecule has 0 radical (unpaired) electrons. The van der Waals surface area contributed by atoms with Gasteiger partial charge in [-0.2, -0.15) is 0 Å². The standard InChI is InChI=1S/C19H20N2O5/c1-3-9-25-17-5-4-8-21(19(17)24)11-15(22)13-6-7-16-14(10-13)20-18(23)12(2)26-16/h4-8,10,12H,3,9,11H2,1-2H3,(H,20,23). The van der Waals surface area contributed by atoms with E-state index in [0.29, 0.717) is 23.6 Å². The molecule has 7 heteroatoms. The van der Waals surface area contributed by atoms with E-state index in [4.69, 9.17) is 9.47 Å². The third kappa shape index (κ3) is 3.61. The molecular formula is C19H20N2O5. The molecule has 0 bridgehead atoms. The van der Waals surface area contributed by atoms with Crippen LogP contribution in [0.3, 0.4) is 0 Å². The summed E-state index contributed by atoms with van der Waals surface area (Å²) in [6, 6.07) is 8.08. The van der Waals surface area contributed by atoms with Crippen LogP contribution in [0.2, 0.25) is 0 Å². The number of fused-ring (bicyclic) bond motifs is 1. The van der Waals surface area contributed by atoms with Crippen LogP contribution in [0.4, 0.5) is 5.69 Å². The number of hydrogen-bond donors (Lipinski definition) is 1. The summed E-state index contributed by atoms with van der Waals surface area (Å²) < 4.78 is 12.2.